The molecule has 2 rings (SSSR count). The average molecular weight is 281 g/mol. The van der Waals surface area contributed by atoms with Gasteiger partial charge in [-0.05, 0) is 24.3 Å². The predicted octanol–water partition coefficient (Wildman–Crippen LogP) is 3.08. The van der Waals surface area contributed by atoms with Crippen molar-refractivity contribution in [3.63, 3.8) is 0 Å². The highest BCUT2D eigenvalue weighted by atomic mass is 32.2. The lowest BCUT2D eigenvalue weighted by molar-refractivity contribution is 0.0564. The topological polar surface area (TPSA) is 65.5 Å². The molecule has 0 saturated carbocycles. The van der Waals surface area contributed by atoms with Gasteiger partial charge in [0.05, 0.1) is 13.4 Å². The third-order valence-electron chi connectivity index (χ3n) is 2.41. The Morgan fingerprint density at radius 1 is 1.47 bits per heavy atom. The van der Waals surface area contributed by atoms with Gasteiger partial charge in [-0.15, -0.1) is 11.8 Å². The van der Waals surface area contributed by atoms with Gasteiger partial charge in [-0.3, -0.25) is 0 Å². The Hall–Kier alpha value is -1.95. The molecule has 0 fully saturated rings. The number of carbonyl (C=O) groups excluding carboxylic acids is 1. The first-order valence-electron chi connectivity index (χ1n) is 5.43. The normalized spacial score (nSPS) is 10.4. The summed E-state index contributed by atoms with van der Waals surface area (Å²) in [5, 5.41) is 0. The van der Waals surface area contributed by atoms with Crippen molar-refractivity contribution < 1.29 is 18.3 Å². The summed E-state index contributed by atoms with van der Waals surface area (Å²) >= 11 is 1.36. The summed E-state index contributed by atoms with van der Waals surface area (Å²) in [6.45, 7) is 0. The second kappa shape index (κ2) is 5.79. The van der Waals surface area contributed by atoms with Gasteiger partial charge in [-0.25, -0.2) is 9.18 Å². The van der Waals surface area contributed by atoms with Crippen molar-refractivity contribution in [3.05, 3.63) is 47.7 Å². The summed E-state index contributed by atoms with van der Waals surface area (Å²) in [6.07, 6.45) is 1.42. The molecule has 0 spiro atoms. The van der Waals surface area contributed by atoms with Gasteiger partial charge in [0.15, 0.2) is 0 Å². The van der Waals surface area contributed by atoms with Crippen LogP contribution in [0, 0.1) is 5.82 Å². The largest absolute Gasteiger partial charge is 0.463 e. The van der Waals surface area contributed by atoms with Crippen molar-refractivity contribution in [1.82, 2.24) is 0 Å². The second-order valence-electron chi connectivity index (χ2n) is 3.78. The van der Waals surface area contributed by atoms with Gasteiger partial charge in [0, 0.05) is 21.9 Å². The molecule has 1 heterocycles. The van der Waals surface area contributed by atoms with E-state index in [1.165, 1.54) is 37.3 Å². The maximum atomic E-state index is 13.2. The Morgan fingerprint density at radius 2 is 2.26 bits per heavy atom. The van der Waals surface area contributed by atoms with Gasteiger partial charge in [-0.1, -0.05) is 0 Å². The maximum Gasteiger partial charge on any atom is 0.374 e. The fraction of sp³-hybridized carbons (Fsp3) is 0.154. The van der Waals surface area contributed by atoms with Crippen LogP contribution in [0.15, 0.2) is 39.8 Å². The van der Waals surface area contributed by atoms with Crippen LogP contribution in [0.2, 0.25) is 0 Å². The number of anilines is 1. The predicted molar refractivity (Wildman–Crippen MR) is 70.4 cm³/mol. The van der Waals surface area contributed by atoms with Crippen LogP contribution in [0.4, 0.5) is 10.1 Å². The average Bonchev–Trinajstić information content (AvgIpc) is 2.82. The van der Waals surface area contributed by atoms with E-state index in [0.29, 0.717) is 21.9 Å². The van der Waals surface area contributed by atoms with E-state index in [4.69, 9.17) is 10.2 Å². The summed E-state index contributed by atoms with van der Waals surface area (Å²) in [5.74, 6) is -0.286. The zero-order valence-electron chi connectivity index (χ0n) is 10.2. The molecule has 0 aliphatic carbocycles. The fourth-order valence-corrected chi connectivity index (χ4v) is 2.51. The number of hydrogen-bond acceptors (Lipinski definition) is 5. The van der Waals surface area contributed by atoms with Crippen LogP contribution in [0.1, 0.15) is 16.1 Å². The Balaban J connectivity index is 2.10. The molecule has 1 aromatic heterocycles. The molecule has 0 unspecified atom stereocenters. The SMILES string of the molecule is COC(=O)c1occc1CSc1cc(N)cc(F)c1. The maximum absolute atomic E-state index is 13.2. The Bertz CT molecular complexity index is 577. The van der Waals surface area contributed by atoms with Gasteiger partial charge in [0.1, 0.15) is 5.82 Å². The number of methoxy groups -OCH3 is 1. The summed E-state index contributed by atoms with van der Waals surface area (Å²) in [5.41, 5.74) is 6.62. The van der Waals surface area contributed by atoms with Crippen molar-refractivity contribution >= 4 is 23.4 Å². The summed E-state index contributed by atoms with van der Waals surface area (Å²) in [7, 11) is 1.29. The summed E-state index contributed by atoms with van der Waals surface area (Å²) in [6, 6.07) is 5.99. The van der Waals surface area contributed by atoms with Crippen LogP contribution < -0.4 is 5.73 Å². The number of halogens is 1. The molecule has 2 aromatic rings. The lowest BCUT2D eigenvalue weighted by atomic mass is 10.3. The Kier molecular flexibility index (Phi) is 4.11. The van der Waals surface area contributed by atoms with Crippen LogP contribution >= 0.6 is 11.8 Å². The van der Waals surface area contributed by atoms with Crippen LogP contribution in [-0.2, 0) is 10.5 Å². The molecule has 2 N–H and O–H groups in total. The van der Waals surface area contributed by atoms with Crippen LogP contribution in [0.5, 0.6) is 0 Å². The molecule has 0 aliphatic rings. The highest BCUT2D eigenvalue weighted by Crippen LogP contribution is 2.27. The van der Waals surface area contributed by atoms with E-state index in [-0.39, 0.29) is 11.6 Å². The van der Waals surface area contributed by atoms with Crippen molar-refractivity contribution in [1.29, 1.82) is 0 Å². The van der Waals surface area contributed by atoms with E-state index in [1.807, 2.05) is 0 Å². The molecular formula is C13H12FNO3S. The Labute approximate surface area is 113 Å². The second-order valence-corrected chi connectivity index (χ2v) is 4.82. The lowest BCUT2D eigenvalue weighted by Crippen LogP contribution is -2.02. The molecular weight excluding hydrogens is 269 g/mol. The van der Waals surface area contributed by atoms with E-state index in [1.54, 1.807) is 12.1 Å². The fourth-order valence-electron chi connectivity index (χ4n) is 1.55. The standard InChI is InChI=1S/C13H12FNO3S/c1-17-13(16)12-8(2-3-18-12)7-19-11-5-9(14)4-10(15)6-11/h2-6H,7,15H2,1H3. The van der Waals surface area contributed by atoms with Crippen molar-refractivity contribution in [2.45, 2.75) is 10.6 Å². The van der Waals surface area contributed by atoms with Gasteiger partial charge >= 0.3 is 5.97 Å². The first-order valence-corrected chi connectivity index (χ1v) is 6.42. The molecule has 6 heteroatoms. The van der Waals surface area contributed by atoms with Crippen molar-refractivity contribution in [3.8, 4) is 0 Å². The molecule has 0 saturated heterocycles. The zero-order chi connectivity index (χ0) is 13.8. The third-order valence-corrected chi connectivity index (χ3v) is 3.43. The van der Waals surface area contributed by atoms with E-state index < -0.39 is 5.97 Å². The van der Waals surface area contributed by atoms with Gasteiger partial charge in [0.25, 0.3) is 0 Å². The number of nitrogens with two attached hydrogens (primary N) is 1. The van der Waals surface area contributed by atoms with Crippen molar-refractivity contribution in [2.24, 2.45) is 0 Å². The van der Waals surface area contributed by atoms with E-state index in [2.05, 4.69) is 4.74 Å². The van der Waals surface area contributed by atoms with Crippen LogP contribution in [-0.4, -0.2) is 13.1 Å². The van der Waals surface area contributed by atoms with Gasteiger partial charge in [-0.2, -0.15) is 0 Å². The minimum atomic E-state index is -0.528. The number of thioether (sulfide) groups is 1. The van der Waals surface area contributed by atoms with E-state index in [0.717, 1.165) is 0 Å². The molecule has 0 amide bonds. The molecule has 1 aromatic carbocycles. The number of carbonyl (C=O) groups is 1. The number of nitrogen functional groups attached to an aromatic ring is 1. The molecule has 4 nitrogen and oxygen atoms in total. The van der Waals surface area contributed by atoms with E-state index >= 15 is 0 Å². The molecule has 0 atom stereocenters. The summed E-state index contributed by atoms with van der Waals surface area (Å²) < 4.78 is 22.8. The first kappa shape index (κ1) is 13.5. The number of benzene rings is 1. The van der Waals surface area contributed by atoms with Crippen molar-refractivity contribution in [2.75, 3.05) is 12.8 Å². The number of furan rings is 1. The minimum Gasteiger partial charge on any atom is -0.463 e. The minimum absolute atomic E-state index is 0.166. The number of hydrogen-bond donors (Lipinski definition) is 1. The third kappa shape index (κ3) is 3.29. The first-order chi connectivity index (χ1) is 9.10. The van der Waals surface area contributed by atoms with Gasteiger partial charge in [0.2, 0.25) is 5.76 Å². The Morgan fingerprint density at radius 3 is 2.95 bits per heavy atom. The van der Waals surface area contributed by atoms with Crippen LogP contribution in [0.25, 0.3) is 0 Å². The highest BCUT2D eigenvalue weighted by Gasteiger charge is 2.15. The number of ether oxygens (including phenoxy) is 1. The van der Waals surface area contributed by atoms with Gasteiger partial charge < -0.3 is 14.9 Å². The monoisotopic (exact) mass is 281 g/mol. The quantitative estimate of drug-likeness (QED) is 0.530. The van der Waals surface area contributed by atoms with Crippen LogP contribution in [0.3, 0.4) is 0 Å². The lowest BCUT2D eigenvalue weighted by Gasteiger charge is -2.03. The zero-order valence-corrected chi connectivity index (χ0v) is 11.0. The number of rotatable bonds is 4. The summed E-state index contributed by atoms with van der Waals surface area (Å²) in [4.78, 5) is 12.1. The molecule has 0 radical (unpaired) electrons. The molecule has 19 heavy (non-hydrogen) atoms. The van der Waals surface area contributed by atoms with E-state index in [9.17, 15) is 9.18 Å². The molecule has 100 valence electrons. The smallest absolute Gasteiger partial charge is 0.374 e. The molecule has 0 bridgehead atoms. The number of esters is 1. The molecule has 0 aliphatic heterocycles. The highest BCUT2D eigenvalue weighted by molar-refractivity contribution is 7.98.